The molecule has 0 spiro atoms. The molecule has 4 heteroatoms. The Bertz CT molecular complexity index is 686. The Morgan fingerprint density at radius 3 is 1.92 bits per heavy atom. The van der Waals surface area contributed by atoms with E-state index in [-0.39, 0.29) is 12.1 Å². The summed E-state index contributed by atoms with van der Waals surface area (Å²) in [5.41, 5.74) is 1.63. The highest BCUT2D eigenvalue weighted by Gasteiger charge is 2.48. The first-order valence-corrected chi connectivity index (χ1v) is 9.14. The van der Waals surface area contributed by atoms with Crippen molar-refractivity contribution in [2.45, 2.75) is 31.8 Å². The molecule has 3 atom stereocenters. The van der Waals surface area contributed by atoms with Crippen molar-refractivity contribution in [3.8, 4) is 0 Å². The maximum absolute atomic E-state index is 12.2. The van der Waals surface area contributed by atoms with Gasteiger partial charge in [-0.05, 0) is 37.6 Å². The van der Waals surface area contributed by atoms with Crippen molar-refractivity contribution in [2.24, 2.45) is 11.8 Å². The molecule has 0 bridgehead atoms. The summed E-state index contributed by atoms with van der Waals surface area (Å²) < 4.78 is 0. The molecule has 2 aromatic carbocycles. The van der Waals surface area contributed by atoms with Gasteiger partial charge in [0.15, 0.2) is 0 Å². The SMILES string of the molecule is CNC(NC)C(C)C(Cc1ccccc1)(c1ccccc1)C(C)C(=O)O. The number of hydrogen-bond acceptors (Lipinski definition) is 3. The second-order valence-corrected chi connectivity index (χ2v) is 6.97. The molecular weight excluding hydrogens is 324 g/mol. The fraction of sp³-hybridized carbons (Fsp3) is 0.409. The van der Waals surface area contributed by atoms with E-state index in [9.17, 15) is 9.90 Å². The predicted octanol–water partition coefficient (Wildman–Crippen LogP) is 3.29. The number of rotatable bonds is 9. The summed E-state index contributed by atoms with van der Waals surface area (Å²) in [6.45, 7) is 3.96. The van der Waals surface area contributed by atoms with Gasteiger partial charge in [-0.2, -0.15) is 0 Å². The van der Waals surface area contributed by atoms with Gasteiger partial charge in [-0.3, -0.25) is 4.79 Å². The topological polar surface area (TPSA) is 61.4 Å². The number of nitrogens with one attached hydrogen (secondary N) is 2. The van der Waals surface area contributed by atoms with Gasteiger partial charge >= 0.3 is 5.97 Å². The second-order valence-electron chi connectivity index (χ2n) is 6.97. The third-order valence-electron chi connectivity index (χ3n) is 5.73. The average Bonchev–Trinajstić information content (AvgIpc) is 2.68. The maximum atomic E-state index is 12.2. The molecule has 0 radical (unpaired) electrons. The third-order valence-corrected chi connectivity index (χ3v) is 5.73. The summed E-state index contributed by atoms with van der Waals surface area (Å²) >= 11 is 0. The predicted molar refractivity (Wildman–Crippen MR) is 106 cm³/mol. The molecule has 2 aromatic rings. The van der Waals surface area contributed by atoms with Gasteiger partial charge < -0.3 is 15.7 Å². The van der Waals surface area contributed by atoms with E-state index in [1.165, 1.54) is 0 Å². The Hall–Kier alpha value is -2.17. The van der Waals surface area contributed by atoms with Crippen LogP contribution in [0, 0.1) is 11.8 Å². The minimum absolute atomic E-state index is 0.0132. The lowest BCUT2D eigenvalue weighted by Gasteiger charge is -2.46. The number of aliphatic carboxylic acids is 1. The first kappa shape index (κ1) is 20.1. The molecule has 0 aromatic heterocycles. The van der Waals surface area contributed by atoms with E-state index >= 15 is 0 Å². The number of hydrogen-bond donors (Lipinski definition) is 3. The van der Waals surface area contributed by atoms with Crippen LogP contribution in [0.2, 0.25) is 0 Å². The van der Waals surface area contributed by atoms with E-state index in [1.54, 1.807) is 0 Å². The quantitative estimate of drug-likeness (QED) is 0.605. The van der Waals surface area contributed by atoms with E-state index < -0.39 is 17.3 Å². The maximum Gasteiger partial charge on any atom is 0.307 e. The van der Waals surface area contributed by atoms with Crippen LogP contribution in [0.5, 0.6) is 0 Å². The van der Waals surface area contributed by atoms with Crippen LogP contribution in [0.4, 0.5) is 0 Å². The van der Waals surface area contributed by atoms with Gasteiger partial charge in [0.25, 0.3) is 0 Å². The molecule has 0 saturated carbocycles. The van der Waals surface area contributed by atoms with Crippen LogP contribution in [0.15, 0.2) is 60.7 Å². The highest BCUT2D eigenvalue weighted by molar-refractivity contribution is 5.72. The van der Waals surface area contributed by atoms with Crippen LogP contribution < -0.4 is 10.6 Å². The van der Waals surface area contributed by atoms with Gasteiger partial charge in [-0.25, -0.2) is 0 Å². The van der Waals surface area contributed by atoms with Gasteiger partial charge in [-0.1, -0.05) is 74.5 Å². The van der Waals surface area contributed by atoms with Crippen molar-refractivity contribution < 1.29 is 9.90 Å². The molecule has 2 rings (SSSR count). The Labute approximate surface area is 156 Å². The lowest BCUT2D eigenvalue weighted by atomic mass is 9.59. The number of benzene rings is 2. The third kappa shape index (κ3) is 3.97. The van der Waals surface area contributed by atoms with Crippen LogP contribution in [0.3, 0.4) is 0 Å². The molecule has 3 N–H and O–H groups in total. The van der Waals surface area contributed by atoms with E-state index in [0.717, 1.165) is 11.1 Å². The van der Waals surface area contributed by atoms with E-state index in [4.69, 9.17) is 0 Å². The van der Waals surface area contributed by atoms with Crippen molar-refractivity contribution in [1.29, 1.82) is 0 Å². The van der Waals surface area contributed by atoms with E-state index in [0.29, 0.717) is 6.42 Å². The van der Waals surface area contributed by atoms with Crippen molar-refractivity contribution >= 4 is 5.97 Å². The average molecular weight is 354 g/mol. The van der Waals surface area contributed by atoms with Gasteiger partial charge in [0, 0.05) is 5.41 Å². The zero-order valence-corrected chi connectivity index (χ0v) is 16.1. The molecule has 0 aliphatic carbocycles. The van der Waals surface area contributed by atoms with E-state index in [1.807, 2.05) is 57.4 Å². The van der Waals surface area contributed by atoms with Crippen molar-refractivity contribution in [3.63, 3.8) is 0 Å². The highest BCUT2D eigenvalue weighted by Crippen LogP contribution is 2.44. The van der Waals surface area contributed by atoms with Gasteiger partial charge in [0.2, 0.25) is 0 Å². The molecule has 4 nitrogen and oxygen atoms in total. The molecular formula is C22H30N2O2. The molecule has 0 heterocycles. The van der Waals surface area contributed by atoms with Gasteiger partial charge in [-0.15, -0.1) is 0 Å². The molecule has 0 fully saturated rings. The molecule has 0 amide bonds. The smallest absolute Gasteiger partial charge is 0.307 e. The summed E-state index contributed by atoms with van der Waals surface area (Å²) in [4.78, 5) is 12.2. The standard InChI is InChI=1S/C22H30N2O2/c1-16(20(23-3)24-4)22(17(2)21(25)26,19-13-9-6-10-14-19)15-18-11-7-5-8-12-18/h5-14,16-17,20,23-24H,15H2,1-4H3,(H,25,26). The monoisotopic (exact) mass is 354 g/mol. The van der Waals surface area contributed by atoms with Crippen LogP contribution in [-0.4, -0.2) is 31.3 Å². The summed E-state index contributed by atoms with van der Waals surface area (Å²) in [5, 5.41) is 16.6. The first-order chi connectivity index (χ1) is 12.5. The molecule has 0 aliphatic heterocycles. The minimum atomic E-state index is -0.775. The summed E-state index contributed by atoms with van der Waals surface area (Å²) in [6, 6.07) is 20.2. The molecule has 140 valence electrons. The number of carboxylic acids is 1. The summed E-state index contributed by atoms with van der Waals surface area (Å²) in [7, 11) is 3.81. The van der Waals surface area contributed by atoms with Crippen molar-refractivity contribution in [1.82, 2.24) is 10.6 Å². The molecule has 0 aliphatic rings. The van der Waals surface area contributed by atoms with Crippen LogP contribution >= 0.6 is 0 Å². The van der Waals surface area contributed by atoms with Crippen molar-refractivity contribution in [2.75, 3.05) is 14.1 Å². The number of carbonyl (C=O) groups is 1. The van der Waals surface area contributed by atoms with Gasteiger partial charge in [0.1, 0.15) is 0 Å². The Balaban J connectivity index is 2.67. The van der Waals surface area contributed by atoms with Crippen molar-refractivity contribution in [3.05, 3.63) is 71.8 Å². The van der Waals surface area contributed by atoms with Crippen LogP contribution in [-0.2, 0) is 16.6 Å². The Morgan fingerprint density at radius 1 is 0.962 bits per heavy atom. The zero-order valence-electron chi connectivity index (χ0n) is 16.1. The second kappa shape index (κ2) is 8.97. The van der Waals surface area contributed by atoms with Crippen LogP contribution in [0.25, 0.3) is 0 Å². The van der Waals surface area contributed by atoms with Gasteiger partial charge in [0.05, 0.1) is 12.1 Å². The fourth-order valence-electron chi connectivity index (χ4n) is 4.17. The zero-order chi connectivity index (χ0) is 19.2. The summed E-state index contributed by atoms with van der Waals surface area (Å²) in [5.74, 6) is -1.29. The Kier molecular flexibility index (Phi) is 6.95. The Morgan fingerprint density at radius 2 is 1.46 bits per heavy atom. The fourth-order valence-corrected chi connectivity index (χ4v) is 4.17. The minimum Gasteiger partial charge on any atom is -0.481 e. The number of carboxylic acid groups (broad SMARTS) is 1. The lowest BCUT2D eigenvalue weighted by Crippen LogP contribution is -2.56. The lowest BCUT2D eigenvalue weighted by molar-refractivity contribution is -0.145. The highest BCUT2D eigenvalue weighted by atomic mass is 16.4. The molecule has 3 unspecified atom stereocenters. The van der Waals surface area contributed by atoms with E-state index in [2.05, 4.69) is 41.8 Å². The summed E-state index contributed by atoms with van der Waals surface area (Å²) in [6.07, 6.45) is 0.646. The largest absolute Gasteiger partial charge is 0.481 e. The molecule has 26 heavy (non-hydrogen) atoms. The first-order valence-electron chi connectivity index (χ1n) is 9.14. The van der Waals surface area contributed by atoms with Crippen LogP contribution in [0.1, 0.15) is 25.0 Å². The molecule has 0 saturated heterocycles. The normalized spacial score (nSPS) is 16.0.